The summed E-state index contributed by atoms with van der Waals surface area (Å²) in [5.74, 6) is 0.707. The van der Waals surface area contributed by atoms with Crippen LogP contribution in [0.3, 0.4) is 0 Å². The van der Waals surface area contributed by atoms with Crippen molar-refractivity contribution in [1.82, 2.24) is 9.62 Å². The third kappa shape index (κ3) is 5.66. The zero-order valence-corrected chi connectivity index (χ0v) is 18.8. The van der Waals surface area contributed by atoms with Crippen LogP contribution in [0.4, 0.5) is 0 Å². The Labute approximate surface area is 188 Å². The van der Waals surface area contributed by atoms with Crippen molar-refractivity contribution < 1.29 is 22.7 Å². The standard InChI is InChI=1S/C24H26N2O5S/c1-30-22-14-9-15-23(31-2)21(22)16-25-24(27)18-26(17-19-10-5-3-6-11-19)32(28,29)20-12-7-4-8-13-20/h3-15H,16-18H2,1-2H3,(H,25,27). The van der Waals surface area contributed by atoms with Crippen LogP contribution in [0.1, 0.15) is 11.1 Å². The van der Waals surface area contributed by atoms with E-state index >= 15 is 0 Å². The van der Waals surface area contributed by atoms with Gasteiger partial charge in [-0.3, -0.25) is 4.79 Å². The maximum atomic E-state index is 13.3. The Morgan fingerprint density at radius 2 is 1.41 bits per heavy atom. The normalized spacial score (nSPS) is 11.2. The van der Waals surface area contributed by atoms with E-state index in [-0.39, 0.29) is 24.5 Å². The van der Waals surface area contributed by atoms with Gasteiger partial charge in [0.05, 0.1) is 37.8 Å². The van der Waals surface area contributed by atoms with Crippen LogP contribution in [0.25, 0.3) is 0 Å². The molecule has 3 aromatic rings. The lowest BCUT2D eigenvalue weighted by molar-refractivity contribution is -0.121. The number of ether oxygens (including phenoxy) is 2. The molecule has 32 heavy (non-hydrogen) atoms. The number of hydrogen-bond acceptors (Lipinski definition) is 5. The van der Waals surface area contributed by atoms with Gasteiger partial charge in [0.15, 0.2) is 0 Å². The van der Waals surface area contributed by atoms with Crippen LogP contribution in [0, 0.1) is 0 Å². The quantitative estimate of drug-likeness (QED) is 0.509. The van der Waals surface area contributed by atoms with Gasteiger partial charge >= 0.3 is 0 Å². The lowest BCUT2D eigenvalue weighted by Crippen LogP contribution is -2.40. The predicted molar refractivity (Wildman–Crippen MR) is 122 cm³/mol. The molecule has 7 nitrogen and oxygen atoms in total. The summed E-state index contributed by atoms with van der Waals surface area (Å²) >= 11 is 0. The number of rotatable bonds is 10. The van der Waals surface area contributed by atoms with Crippen molar-refractivity contribution in [3.05, 3.63) is 90.0 Å². The van der Waals surface area contributed by atoms with Crippen molar-refractivity contribution in [2.45, 2.75) is 18.0 Å². The average molecular weight is 455 g/mol. The van der Waals surface area contributed by atoms with E-state index in [9.17, 15) is 13.2 Å². The molecule has 0 aromatic heterocycles. The fourth-order valence-electron chi connectivity index (χ4n) is 3.26. The van der Waals surface area contributed by atoms with Crippen LogP contribution in [0.5, 0.6) is 11.5 Å². The van der Waals surface area contributed by atoms with Crippen LogP contribution < -0.4 is 14.8 Å². The maximum Gasteiger partial charge on any atom is 0.243 e. The minimum Gasteiger partial charge on any atom is -0.496 e. The molecular formula is C24H26N2O5S. The second kappa shape index (κ2) is 10.8. The van der Waals surface area contributed by atoms with Crippen LogP contribution in [0.15, 0.2) is 83.8 Å². The SMILES string of the molecule is COc1cccc(OC)c1CNC(=O)CN(Cc1ccccc1)S(=O)(=O)c1ccccc1. The molecule has 0 saturated carbocycles. The molecule has 0 spiro atoms. The van der Waals surface area contributed by atoms with E-state index in [1.165, 1.54) is 30.7 Å². The first-order valence-electron chi connectivity index (χ1n) is 10.0. The lowest BCUT2D eigenvalue weighted by atomic mass is 10.1. The summed E-state index contributed by atoms with van der Waals surface area (Å²) in [5.41, 5.74) is 1.46. The molecule has 3 rings (SSSR count). The number of benzene rings is 3. The summed E-state index contributed by atoms with van der Waals surface area (Å²) in [4.78, 5) is 12.9. The highest BCUT2D eigenvalue weighted by atomic mass is 32.2. The first-order chi connectivity index (χ1) is 15.5. The molecule has 0 saturated heterocycles. The summed E-state index contributed by atoms with van der Waals surface area (Å²) in [6.07, 6.45) is 0. The smallest absolute Gasteiger partial charge is 0.243 e. The number of hydrogen-bond donors (Lipinski definition) is 1. The van der Waals surface area contributed by atoms with E-state index in [0.717, 1.165) is 5.56 Å². The van der Waals surface area contributed by atoms with E-state index in [1.807, 2.05) is 30.3 Å². The summed E-state index contributed by atoms with van der Waals surface area (Å²) in [6.45, 7) is -0.121. The number of methoxy groups -OCH3 is 2. The van der Waals surface area contributed by atoms with Crippen molar-refractivity contribution in [2.75, 3.05) is 20.8 Å². The van der Waals surface area contributed by atoms with Gasteiger partial charge in [-0.15, -0.1) is 0 Å². The van der Waals surface area contributed by atoms with E-state index < -0.39 is 15.9 Å². The molecule has 0 heterocycles. The Morgan fingerprint density at radius 3 is 1.97 bits per heavy atom. The van der Waals surface area contributed by atoms with Gasteiger partial charge in [-0.1, -0.05) is 54.6 Å². The molecule has 8 heteroatoms. The topological polar surface area (TPSA) is 84.9 Å². The minimum absolute atomic E-state index is 0.0729. The van der Waals surface area contributed by atoms with Gasteiger partial charge in [0.25, 0.3) is 0 Å². The predicted octanol–water partition coefficient (Wildman–Crippen LogP) is 3.21. The molecule has 1 N–H and O–H groups in total. The van der Waals surface area contributed by atoms with Crippen molar-refractivity contribution in [2.24, 2.45) is 0 Å². The number of nitrogens with zero attached hydrogens (tertiary/aromatic N) is 1. The monoisotopic (exact) mass is 454 g/mol. The van der Waals surface area contributed by atoms with E-state index in [4.69, 9.17) is 9.47 Å². The van der Waals surface area contributed by atoms with Crippen LogP contribution in [0.2, 0.25) is 0 Å². The van der Waals surface area contributed by atoms with Crippen molar-refractivity contribution >= 4 is 15.9 Å². The van der Waals surface area contributed by atoms with Gasteiger partial charge in [0.2, 0.25) is 15.9 Å². The molecule has 168 valence electrons. The van der Waals surface area contributed by atoms with Gasteiger partial charge in [0.1, 0.15) is 11.5 Å². The second-order valence-electron chi connectivity index (χ2n) is 6.99. The number of sulfonamides is 1. The first-order valence-corrected chi connectivity index (χ1v) is 11.5. The van der Waals surface area contributed by atoms with E-state index in [2.05, 4.69) is 5.32 Å². The Bertz CT molecular complexity index is 1110. The van der Waals surface area contributed by atoms with Gasteiger partial charge < -0.3 is 14.8 Å². The second-order valence-corrected chi connectivity index (χ2v) is 8.93. The van der Waals surface area contributed by atoms with Gasteiger partial charge in [-0.2, -0.15) is 4.31 Å². The summed E-state index contributed by atoms with van der Waals surface area (Å²) in [6, 6.07) is 22.6. The zero-order chi connectivity index (χ0) is 23.0. The minimum atomic E-state index is -3.88. The summed E-state index contributed by atoms with van der Waals surface area (Å²) in [7, 11) is -0.808. The Kier molecular flexibility index (Phi) is 7.86. The molecular weight excluding hydrogens is 428 g/mol. The van der Waals surface area contributed by atoms with Crippen LogP contribution in [-0.2, 0) is 27.9 Å². The highest BCUT2D eigenvalue weighted by molar-refractivity contribution is 7.89. The van der Waals surface area contributed by atoms with Gasteiger partial charge in [-0.05, 0) is 29.8 Å². The maximum absolute atomic E-state index is 13.3. The zero-order valence-electron chi connectivity index (χ0n) is 18.0. The summed E-state index contributed by atoms with van der Waals surface area (Å²) < 4.78 is 38.4. The highest BCUT2D eigenvalue weighted by Crippen LogP contribution is 2.28. The summed E-state index contributed by atoms with van der Waals surface area (Å²) in [5, 5.41) is 2.78. The Morgan fingerprint density at radius 1 is 0.844 bits per heavy atom. The highest BCUT2D eigenvalue weighted by Gasteiger charge is 2.27. The van der Waals surface area contributed by atoms with Crippen molar-refractivity contribution in [1.29, 1.82) is 0 Å². The van der Waals surface area contributed by atoms with Crippen molar-refractivity contribution in [3.8, 4) is 11.5 Å². The third-order valence-electron chi connectivity index (χ3n) is 4.89. The molecule has 0 aliphatic carbocycles. The molecule has 0 aliphatic rings. The number of amides is 1. The Hall–Kier alpha value is -3.36. The van der Waals surface area contributed by atoms with Crippen LogP contribution >= 0.6 is 0 Å². The Balaban J connectivity index is 1.80. The number of carbonyl (C=O) groups excluding carboxylic acids is 1. The van der Waals surface area contributed by atoms with E-state index in [0.29, 0.717) is 17.1 Å². The molecule has 0 radical (unpaired) electrons. The van der Waals surface area contributed by atoms with Gasteiger partial charge in [0, 0.05) is 6.54 Å². The largest absolute Gasteiger partial charge is 0.496 e. The molecule has 0 bridgehead atoms. The van der Waals surface area contributed by atoms with Crippen LogP contribution in [-0.4, -0.2) is 39.4 Å². The molecule has 0 fully saturated rings. The number of carbonyl (C=O) groups is 1. The average Bonchev–Trinajstić information content (AvgIpc) is 2.83. The fourth-order valence-corrected chi connectivity index (χ4v) is 4.67. The first kappa shape index (κ1) is 23.3. The molecule has 3 aromatic carbocycles. The molecule has 0 unspecified atom stereocenters. The van der Waals surface area contributed by atoms with Gasteiger partial charge in [-0.25, -0.2) is 8.42 Å². The van der Waals surface area contributed by atoms with Crippen molar-refractivity contribution in [3.63, 3.8) is 0 Å². The molecule has 0 atom stereocenters. The lowest BCUT2D eigenvalue weighted by Gasteiger charge is -2.22. The molecule has 1 amide bonds. The molecule has 0 aliphatic heterocycles. The fraction of sp³-hybridized carbons (Fsp3) is 0.208. The van der Waals surface area contributed by atoms with E-state index in [1.54, 1.807) is 36.4 Å². The third-order valence-corrected chi connectivity index (χ3v) is 6.70. The number of nitrogens with one attached hydrogen (secondary N) is 1.